The van der Waals surface area contributed by atoms with E-state index in [1.165, 1.54) is 19.6 Å². The van der Waals surface area contributed by atoms with Gasteiger partial charge >= 0.3 is 17.9 Å². The average molecular weight is 714 g/mol. The number of ketones is 2. The molecule has 1 aromatic rings. The molecule has 0 saturated carbocycles. The number of carboxylic acids is 2. The molecule has 0 spiro atoms. The van der Waals surface area contributed by atoms with Crippen molar-refractivity contribution in [2.45, 2.75) is 128 Å². The van der Waals surface area contributed by atoms with Gasteiger partial charge in [-0.15, -0.1) is 5.92 Å². The summed E-state index contributed by atoms with van der Waals surface area (Å²) in [7, 11) is 1.17. The summed E-state index contributed by atoms with van der Waals surface area (Å²) in [5, 5.41) is 32.9. The molecule has 51 heavy (non-hydrogen) atoms. The van der Waals surface area contributed by atoms with E-state index in [0.29, 0.717) is 37.0 Å². The van der Waals surface area contributed by atoms with Gasteiger partial charge in [-0.3, -0.25) is 24.0 Å². The van der Waals surface area contributed by atoms with Gasteiger partial charge in [0.2, 0.25) is 5.91 Å². The number of carbonyl (C=O) groups is 6. The third kappa shape index (κ3) is 18.3. The summed E-state index contributed by atoms with van der Waals surface area (Å²) >= 11 is 0. The van der Waals surface area contributed by atoms with Gasteiger partial charge < -0.3 is 30.1 Å². The van der Waals surface area contributed by atoms with E-state index in [-0.39, 0.29) is 31.7 Å². The Morgan fingerprint density at radius 3 is 2.08 bits per heavy atom. The fraction of sp³-hybridized carbons (Fsp3) is 0.590. The summed E-state index contributed by atoms with van der Waals surface area (Å²) in [5.74, 6) is -1.41. The Kier molecular flexibility index (Phi) is 22.2. The maximum atomic E-state index is 13.7. The molecular weight excluding hydrogens is 658 g/mol. The molecule has 0 saturated heterocycles. The van der Waals surface area contributed by atoms with Crippen molar-refractivity contribution >= 4 is 35.4 Å². The molecule has 0 radical (unpaired) electrons. The molecule has 0 aromatic heterocycles. The Morgan fingerprint density at radius 2 is 1.51 bits per heavy atom. The SMILES string of the molecule is CC#CCOc1ccc(C[C@H](NC(=O)[C@@H](/C=C/CCCCCCC(=O)CCCCCCC)[C@@](O)(CC(=O)O)C(=O)O)C(=O)CCC(=O)OC)cc1. The first-order chi connectivity index (χ1) is 24.4. The third-order valence-corrected chi connectivity index (χ3v) is 8.41. The number of allylic oxidation sites excluding steroid dienone is 1. The van der Waals surface area contributed by atoms with Crippen LogP contribution in [0.25, 0.3) is 0 Å². The molecule has 0 unspecified atom stereocenters. The summed E-state index contributed by atoms with van der Waals surface area (Å²) in [6, 6.07) is 5.39. The van der Waals surface area contributed by atoms with Gasteiger partial charge in [-0.25, -0.2) is 4.79 Å². The molecule has 0 aliphatic carbocycles. The van der Waals surface area contributed by atoms with Crippen LogP contribution in [0.2, 0.25) is 0 Å². The van der Waals surface area contributed by atoms with Crippen LogP contribution in [0.5, 0.6) is 5.75 Å². The lowest BCUT2D eigenvalue weighted by molar-refractivity contribution is -0.172. The number of esters is 1. The van der Waals surface area contributed by atoms with Gasteiger partial charge in [0.1, 0.15) is 18.1 Å². The number of Topliss-reactive ketones (excluding diaryl/α,β-unsaturated/α-hetero) is 2. The summed E-state index contributed by atoms with van der Waals surface area (Å²) in [5.41, 5.74) is -2.43. The number of hydrogen-bond acceptors (Lipinski definition) is 9. The highest BCUT2D eigenvalue weighted by Crippen LogP contribution is 2.26. The number of benzene rings is 1. The van der Waals surface area contributed by atoms with Crippen LogP contribution in [-0.4, -0.2) is 76.1 Å². The van der Waals surface area contributed by atoms with E-state index < -0.39 is 53.6 Å². The molecule has 1 rings (SSSR count). The monoisotopic (exact) mass is 713 g/mol. The fourth-order valence-electron chi connectivity index (χ4n) is 5.39. The Morgan fingerprint density at radius 1 is 0.882 bits per heavy atom. The smallest absolute Gasteiger partial charge is 0.337 e. The zero-order chi connectivity index (χ0) is 38.1. The van der Waals surface area contributed by atoms with Crippen LogP contribution in [-0.2, 0) is 39.9 Å². The number of carbonyl (C=O) groups excluding carboxylic acids is 4. The first-order valence-electron chi connectivity index (χ1n) is 17.7. The van der Waals surface area contributed by atoms with Crippen LogP contribution in [0.15, 0.2) is 36.4 Å². The normalized spacial score (nSPS) is 13.3. The lowest BCUT2D eigenvalue weighted by Gasteiger charge is -2.30. The van der Waals surface area contributed by atoms with Crippen molar-refractivity contribution in [3.63, 3.8) is 0 Å². The lowest BCUT2D eigenvalue weighted by atomic mass is 9.82. The number of aliphatic carboxylic acids is 2. The van der Waals surface area contributed by atoms with E-state index >= 15 is 0 Å². The highest BCUT2D eigenvalue weighted by Gasteiger charge is 2.49. The minimum absolute atomic E-state index is 0.0526. The van der Waals surface area contributed by atoms with Crippen molar-refractivity contribution in [1.82, 2.24) is 5.32 Å². The van der Waals surface area contributed by atoms with Crippen LogP contribution in [0.1, 0.15) is 116 Å². The highest BCUT2D eigenvalue weighted by molar-refractivity contribution is 5.96. The van der Waals surface area contributed by atoms with Gasteiger partial charge in [-0.2, -0.15) is 0 Å². The Hall–Kier alpha value is -4.50. The number of unbranched alkanes of at least 4 members (excludes halogenated alkanes) is 8. The third-order valence-electron chi connectivity index (χ3n) is 8.41. The average Bonchev–Trinajstić information content (AvgIpc) is 3.09. The first-order valence-corrected chi connectivity index (χ1v) is 17.7. The fourth-order valence-corrected chi connectivity index (χ4v) is 5.39. The predicted octanol–water partition coefficient (Wildman–Crippen LogP) is 5.37. The number of methoxy groups -OCH3 is 1. The first kappa shape index (κ1) is 44.5. The van der Waals surface area contributed by atoms with E-state index in [1.807, 2.05) is 0 Å². The molecule has 0 aliphatic rings. The van der Waals surface area contributed by atoms with Crippen molar-refractivity contribution in [3.8, 4) is 17.6 Å². The quantitative estimate of drug-likeness (QED) is 0.0378. The van der Waals surface area contributed by atoms with Gasteiger partial charge in [-0.1, -0.05) is 75.7 Å². The molecule has 12 nitrogen and oxygen atoms in total. The van der Waals surface area contributed by atoms with Gasteiger partial charge in [-0.05, 0) is 56.7 Å². The van der Waals surface area contributed by atoms with Gasteiger partial charge in [0.05, 0.1) is 31.9 Å². The molecule has 1 amide bonds. The molecule has 12 heteroatoms. The number of rotatable bonds is 28. The molecule has 0 fully saturated rings. The van der Waals surface area contributed by atoms with Crippen molar-refractivity contribution < 1.29 is 53.6 Å². The molecular formula is C39H55NO11. The standard InChI is InChI=1S/C39H55NO11/c1-4-6-8-11-14-17-30(41)18-15-12-9-10-13-16-19-32(39(49,38(47)48)28-35(43)44)37(46)40-33(34(42)24-25-36(45)50-3)27-29-20-22-31(23-21-29)51-26-7-5-2/h16,19-23,32-33,49H,4,6,8-15,17-18,24-28H2,1-3H3,(H,40,46)(H,43,44)(H,47,48)/b19-16+/t32-,33+,39+/m1/s1. The Balaban J connectivity index is 3.04. The van der Waals surface area contributed by atoms with Gasteiger partial charge in [0, 0.05) is 19.3 Å². The highest BCUT2D eigenvalue weighted by atomic mass is 16.5. The maximum Gasteiger partial charge on any atom is 0.337 e. The van der Waals surface area contributed by atoms with Crippen molar-refractivity contribution in [2.75, 3.05) is 13.7 Å². The van der Waals surface area contributed by atoms with Crippen LogP contribution in [0.3, 0.4) is 0 Å². The number of hydrogen-bond donors (Lipinski definition) is 4. The summed E-state index contributed by atoms with van der Waals surface area (Å²) in [6.45, 7) is 4.01. The Labute approximate surface area is 301 Å². The molecule has 4 N–H and O–H groups in total. The molecule has 282 valence electrons. The second kappa shape index (κ2) is 25.5. The predicted molar refractivity (Wildman–Crippen MR) is 191 cm³/mol. The summed E-state index contributed by atoms with van der Waals surface area (Å²) in [6.07, 6.45) is 10.8. The Bertz CT molecular complexity index is 1360. The van der Waals surface area contributed by atoms with E-state index in [0.717, 1.165) is 51.0 Å². The van der Waals surface area contributed by atoms with Gasteiger partial charge in [0.25, 0.3) is 0 Å². The van der Waals surface area contributed by atoms with Crippen molar-refractivity contribution in [1.29, 1.82) is 0 Å². The van der Waals surface area contributed by atoms with Crippen molar-refractivity contribution in [3.05, 3.63) is 42.0 Å². The largest absolute Gasteiger partial charge is 0.481 e. The number of ether oxygens (including phenoxy) is 2. The van der Waals surface area contributed by atoms with Crippen LogP contribution >= 0.6 is 0 Å². The summed E-state index contributed by atoms with van der Waals surface area (Å²) < 4.78 is 10.1. The van der Waals surface area contributed by atoms with Crippen LogP contribution in [0.4, 0.5) is 0 Å². The zero-order valence-corrected chi connectivity index (χ0v) is 30.2. The number of amides is 1. The molecule has 0 aliphatic heterocycles. The second-order valence-corrected chi connectivity index (χ2v) is 12.5. The van der Waals surface area contributed by atoms with Crippen molar-refractivity contribution in [2.24, 2.45) is 5.92 Å². The topological polar surface area (TPSA) is 194 Å². The molecule has 1 aromatic carbocycles. The van der Waals surface area contributed by atoms with Crippen LogP contribution < -0.4 is 10.1 Å². The number of carboxylic acid groups (broad SMARTS) is 2. The minimum atomic E-state index is -3.02. The zero-order valence-electron chi connectivity index (χ0n) is 30.2. The van der Waals surface area contributed by atoms with E-state index in [9.17, 15) is 44.1 Å². The van der Waals surface area contributed by atoms with Crippen LogP contribution in [0, 0.1) is 17.8 Å². The minimum Gasteiger partial charge on any atom is -0.481 e. The van der Waals surface area contributed by atoms with E-state index in [4.69, 9.17) is 4.74 Å². The summed E-state index contributed by atoms with van der Waals surface area (Å²) in [4.78, 5) is 74.7. The lowest BCUT2D eigenvalue weighted by Crippen LogP contribution is -2.55. The number of nitrogens with one attached hydrogen (secondary N) is 1. The molecule has 0 bridgehead atoms. The number of aliphatic hydroxyl groups is 1. The maximum absolute atomic E-state index is 13.7. The molecule has 3 atom stereocenters. The van der Waals surface area contributed by atoms with E-state index in [1.54, 1.807) is 31.2 Å². The second-order valence-electron chi connectivity index (χ2n) is 12.5. The van der Waals surface area contributed by atoms with Gasteiger partial charge in [0.15, 0.2) is 11.4 Å². The molecule has 0 heterocycles. The van der Waals surface area contributed by atoms with E-state index in [2.05, 4.69) is 28.8 Å².